The van der Waals surface area contributed by atoms with Gasteiger partial charge in [-0.05, 0) is 41.8 Å². The molecule has 23 heavy (non-hydrogen) atoms. The lowest BCUT2D eigenvalue weighted by Gasteiger charge is -2.11. The van der Waals surface area contributed by atoms with Gasteiger partial charge in [0.25, 0.3) is 0 Å². The summed E-state index contributed by atoms with van der Waals surface area (Å²) in [6, 6.07) is 9.36. The zero-order valence-corrected chi connectivity index (χ0v) is 12.7. The number of carboxylic acid groups (broad SMARTS) is 1. The van der Waals surface area contributed by atoms with E-state index in [0.717, 1.165) is 17.7 Å². The van der Waals surface area contributed by atoms with E-state index < -0.39 is 17.7 Å². The second kappa shape index (κ2) is 6.46. The van der Waals surface area contributed by atoms with Crippen LogP contribution < -0.4 is 0 Å². The Morgan fingerprint density at radius 1 is 1.17 bits per heavy atom. The molecule has 2 rings (SSSR count). The van der Waals surface area contributed by atoms with Gasteiger partial charge in [0.05, 0.1) is 11.1 Å². The first kappa shape index (κ1) is 17.1. The van der Waals surface area contributed by atoms with E-state index in [1.165, 1.54) is 30.3 Å². The van der Waals surface area contributed by atoms with E-state index in [-0.39, 0.29) is 16.7 Å². The Hall–Kier alpha value is -2.27. The van der Waals surface area contributed by atoms with Crippen molar-refractivity contribution in [2.45, 2.75) is 13.1 Å². The van der Waals surface area contributed by atoms with E-state index in [1.807, 2.05) is 0 Å². The quantitative estimate of drug-likeness (QED) is 0.608. The molecule has 0 fully saturated rings. The molecule has 0 unspecified atom stereocenters. The molecular weight excluding hydrogens is 329 g/mol. The zero-order chi connectivity index (χ0) is 17.2. The molecule has 0 heterocycles. The molecule has 0 aromatic heterocycles. The van der Waals surface area contributed by atoms with Gasteiger partial charge in [-0.3, -0.25) is 0 Å². The largest absolute Gasteiger partial charge is 0.478 e. The summed E-state index contributed by atoms with van der Waals surface area (Å²) >= 11 is 5.97. The lowest BCUT2D eigenvalue weighted by molar-refractivity contribution is -0.137. The van der Waals surface area contributed by atoms with E-state index in [9.17, 15) is 23.1 Å². The fraction of sp³-hybridized carbons (Fsp3) is 0.118. The van der Waals surface area contributed by atoms with Crippen molar-refractivity contribution < 1.29 is 23.1 Å². The first-order chi connectivity index (χ1) is 10.7. The summed E-state index contributed by atoms with van der Waals surface area (Å²) in [6.45, 7) is 1.75. The average molecular weight is 341 g/mol. The lowest BCUT2D eigenvalue weighted by Crippen LogP contribution is -2.08. The van der Waals surface area contributed by atoms with Gasteiger partial charge in [0.2, 0.25) is 0 Å². The zero-order valence-electron chi connectivity index (χ0n) is 12.0. The molecule has 0 saturated carbocycles. The Kier molecular flexibility index (Phi) is 4.80. The van der Waals surface area contributed by atoms with Crippen molar-refractivity contribution in [2.24, 2.45) is 0 Å². The SMILES string of the molecule is Cc1ccc(/C(=C/c2ccccc2C(F)(F)F)C(=O)O)cc1Cl. The molecular formula is C17H12ClF3O2. The average Bonchev–Trinajstić information content (AvgIpc) is 2.47. The number of aryl methyl sites for hydroxylation is 1. The van der Waals surface area contributed by atoms with Crippen LogP contribution in [-0.2, 0) is 11.0 Å². The van der Waals surface area contributed by atoms with Crippen LogP contribution in [0.3, 0.4) is 0 Å². The van der Waals surface area contributed by atoms with Crippen LogP contribution >= 0.6 is 11.6 Å². The molecule has 0 spiro atoms. The minimum atomic E-state index is -4.57. The van der Waals surface area contributed by atoms with Crippen molar-refractivity contribution in [1.29, 1.82) is 0 Å². The third-order valence-corrected chi connectivity index (χ3v) is 3.69. The molecule has 0 aliphatic heterocycles. The molecule has 0 aliphatic carbocycles. The molecule has 0 amide bonds. The number of benzene rings is 2. The molecule has 6 heteroatoms. The number of hydrogen-bond donors (Lipinski definition) is 1. The Balaban J connectivity index is 2.61. The maximum atomic E-state index is 13.0. The minimum Gasteiger partial charge on any atom is -0.478 e. The van der Waals surface area contributed by atoms with E-state index >= 15 is 0 Å². The lowest BCUT2D eigenvalue weighted by atomic mass is 9.99. The Morgan fingerprint density at radius 3 is 2.39 bits per heavy atom. The minimum absolute atomic E-state index is 0.214. The van der Waals surface area contributed by atoms with Crippen LogP contribution in [0.15, 0.2) is 42.5 Å². The molecule has 2 nitrogen and oxygen atoms in total. The smallest absolute Gasteiger partial charge is 0.416 e. The van der Waals surface area contributed by atoms with Gasteiger partial charge < -0.3 is 5.11 Å². The summed E-state index contributed by atoms with van der Waals surface area (Å²) in [5.41, 5.74) is -0.379. The molecule has 2 aromatic carbocycles. The predicted octanol–water partition coefficient (Wildman–Crippen LogP) is 5.29. The molecule has 0 aliphatic rings. The van der Waals surface area contributed by atoms with Crippen LogP contribution in [0.25, 0.3) is 11.6 Å². The van der Waals surface area contributed by atoms with Crippen molar-refractivity contribution >= 4 is 29.2 Å². The van der Waals surface area contributed by atoms with Crippen molar-refractivity contribution in [3.8, 4) is 0 Å². The second-order valence-corrected chi connectivity index (χ2v) is 5.32. The van der Waals surface area contributed by atoms with Crippen LogP contribution in [0.5, 0.6) is 0 Å². The Labute approximate surface area is 135 Å². The number of carboxylic acids is 1. The summed E-state index contributed by atoms with van der Waals surface area (Å²) in [5, 5.41) is 9.70. The van der Waals surface area contributed by atoms with Gasteiger partial charge in [-0.2, -0.15) is 13.2 Å². The number of rotatable bonds is 3. The highest BCUT2D eigenvalue weighted by atomic mass is 35.5. The van der Waals surface area contributed by atoms with E-state index in [1.54, 1.807) is 13.0 Å². The monoisotopic (exact) mass is 340 g/mol. The highest BCUT2D eigenvalue weighted by Crippen LogP contribution is 2.34. The van der Waals surface area contributed by atoms with Crippen LogP contribution in [0.4, 0.5) is 13.2 Å². The summed E-state index contributed by atoms with van der Waals surface area (Å²) < 4.78 is 39.1. The van der Waals surface area contributed by atoms with Gasteiger partial charge in [0, 0.05) is 5.02 Å². The Morgan fingerprint density at radius 2 is 1.83 bits per heavy atom. The molecule has 0 saturated heterocycles. The first-order valence-corrected chi connectivity index (χ1v) is 6.95. The van der Waals surface area contributed by atoms with Crippen molar-refractivity contribution in [1.82, 2.24) is 0 Å². The third kappa shape index (κ3) is 3.93. The van der Waals surface area contributed by atoms with Crippen LogP contribution in [0.2, 0.25) is 5.02 Å². The standard InChI is InChI=1S/C17H12ClF3O2/c1-10-6-7-11(9-15(10)18)13(16(22)23)8-12-4-2-3-5-14(12)17(19,20)21/h2-9H,1H3,(H,22,23)/b13-8-. The van der Waals surface area contributed by atoms with Crippen LogP contribution in [0, 0.1) is 6.92 Å². The van der Waals surface area contributed by atoms with Gasteiger partial charge in [-0.15, -0.1) is 0 Å². The summed E-state index contributed by atoms with van der Waals surface area (Å²) in [5.74, 6) is -1.33. The molecule has 0 atom stereocenters. The summed E-state index contributed by atoms with van der Waals surface area (Å²) in [6.07, 6.45) is -3.56. The van der Waals surface area contributed by atoms with Crippen molar-refractivity contribution in [3.63, 3.8) is 0 Å². The topological polar surface area (TPSA) is 37.3 Å². The fourth-order valence-corrected chi connectivity index (χ4v) is 2.25. The highest BCUT2D eigenvalue weighted by molar-refractivity contribution is 6.32. The molecule has 1 N–H and O–H groups in total. The maximum absolute atomic E-state index is 13.0. The van der Waals surface area contributed by atoms with Crippen molar-refractivity contribution in [2.75, 3.05) is 0 Å². The van der Waals surface area contributed by atoms with Crippen LogP contribution in [0.1, 0.15) is 22.3 Å². The normalized spacial score (nSPS) is 12.3. The summed E-state index contributed by atoms with van der Waals surface area (Å²) in [7, 11) is 0. The van der Waals surface area contributed by atoms with Gasteiger partial charge in [-0.1, -0.05) is 41.9 Å². The van der Waals surface area contributed by atoms with E-state index in [4.69, 9.17) is 11.6 Å². The molecule has 0 radical (unpaired) electrons. The fourth-order valence-electron chi connectivity index (χ4n) is 2.07. The van der Waals surface area contributed by atoms with Crippen molar-refractivity contribution in [3.05, 3.63) is 69.7 Å². The van der Waals surface area contributed by atoms with Gasteiger partial charge >= 0.3 is 12.1 Å². The van der Waals surface area contributed by atoms with E-state index in [0.29, 0.717) is 5.02 Å². The maximum Gasteiger partial charge on any atom is 0.416 e. The second-order valence-electron chi connectivity index (χ2n) is 4.91. The number of carbonyl (C=O) groups is 1. The van der Waals surface area contributed by atoms with Gasteiger partial charge in [0.15, 0.2) is 0 Å². The molecule has 120 valence electrons. The van der Waals surface area contributed by atoms with Crippen LogP contribution in [-0.4, -0.2) is 11.1 Å². The number of hydrogen-bond acceptors (Lipinski definition) is 1. The number of aliphatic carboxylic acids is 1. The number of alkyl halides is 3. The summed E-state index contributed by atoms with van der Waals surface area (Å²) in [4.78, 5) is 11.5. The van der Waals surface area contributed by atoms with E-state index in [2.05, 4.69) is 0 Å². The third-order valence-electron chi connectivity index (χ3n) is 3.28. The first-order valence-electron chi connectivity index (χ1n) is 6.58. The molecule has 2 aromatic rings. The predicted molar refractivity (Wildman–Crippen MR) is 83.1 cm³/mol. The van der Waals surface area contributed by atoms with Gasteiger partial charge in [0.1, 0.15) is 0 Å². The molecule has 0 bridgehead atoms. The number of halogens is 4. The van der Waals surface area contributed by atoms with Gasteiger partial charge in [-0.25, -0.2) is 4.79 Å². The highest BCUT2D eigenvalue weighted by Gasteiger charge is 2.32. The Bertz CT molecular complexity index is 780.